The fourth-order valence-corrected chi connectivity index (χ4v) is 2.46. The molecule has 1 unspecified atom stereocenters. The molecule has 1 fully saturated rings. The maximum atomic E-state index is 6.29. The molecule has 1 saturated carbocycles. The maximum Gasteiger partial charge on any atom is 0.0537 e. The van der Waals surface area contributed by atoms with Crippen molar-refractivity contribution in [3.8, 4) is 0 Å². The summed E-state index contributed by atoms with van der Waals surface area (Å²) < 4.78 is 0. The first kappa shape index (κ1) is 10.9. The summed E-state index contributed by atoms with van der Waals surface area (Å²) >= 11 is 6.21. The molecule has 1 aromatic rings. The SMILES string of the molecule is CN(C)C(c1ccccc1Cl)C1(N)CC1. The van der Waals surface area contributed by atoms with E-state index in [4.69, 9.17) is 17.3 Å². The minimum Gasteiger partial charge on any atom is -0.323 e. The molecule has 2 rings (SSSR count). The summed E-state index contributed by atoms with van der Waals surface area (Å²) in [6.07, 6.45) is 2.17. The average molecular weight is 225 g/mol. The van der Waals surface area contributed by atoms with Crippen LogP contribution in [0, 0.1) is 0 Å². The van der Waals surface area contributed by atoms with Crippen LogP contribution in [0.25, 0.3) is 0 Å². The normalized spacial score (nSPS) is 20.3. The van der Waals surface area contributed by atoms with Gasteiger partial charge in [0, 0.05) is 10.6 Å². The topological polar surface area (TPSA) is 29.3 Å². The summed E-state index contributed by atoms with van der Waals surface area (Å²) in [5, 5.41) is 0.813. The molecule has 2 nitrogen and oxygen atoms in total. The predicted octanol–water partition coefficient (Wildman–Crippen LogP) is 2.43. The lowest BCUT2D eigenvalue weighted by atomic mass is 9.97. The van der Waals surface area contributed by atoms with Crippen molar-refractivity contribution in [2.75, 3.05) is 14.1 Å². The summed E-state index contributed by atoms with van der Waals surface area (Å²) in [5.74, 6) is 0. The lowest BCUT2D eigenvalue weighted by molar-refractivity contribution is 0.246. The third kappa shape index (κ3) is 2.03. The van der Waals surface area contributed by atoms with Crippen LogP contribution >= 0.6 is 11.6 Å². The lowest BCUT2D eigenvalue weighted by Crippen LogP contribution is -2.39. The fraction of sp³-hybridized carbons (Fsp3) is 0.500. The first-order valence-corrected chi connectivity index (χ1v) is 5.62. The fourth-order valence-electron chi connectivity index (χ4n) is 2.22. The summed E-state index contributed by atoms with van der Waals surface area (Å²) in [5.41, 5.74) is 7.36. The Bertz CT molecular complexity index is 358. The van der Waals surface area contributed by atoms with Gasteiger partial charge in [-0.15, -0.1) is 0 Å². The molecule has 0 saturated heterocycles. The number of nitrogens with zero attached hydrogens (tertiary/aromatic N) is 1. The molecule has 0 aromatic heterocycles. The summed E-state index contributed by atoms with van der Waals surface area (Å²) in [6.45, 7) is 0. The van der Waals surface area contributed by atoms with Crippen molar-refractivity contribution in [1.29, 1.82) is 0 Å². The zero-order valence-corrected chi connectivity index (χ0v) is 9.96. The van der Waals surface area contributed by atoms with E-state index in [-0.39, 0.29) is 11.6 Å². The van der Waals surface area contributed by atoms with Crippen LogP contribution in [0.3, 0.4) is 0 Å². The molecule has 1 atom stereocenters. The van der Waals surface area contributed by atoms with Gasteiger partial charge in [0.2, 0.25) is 0 Å². The first-order valence-electron chi connectivity index (χ1n) is 5.24. The Hall–Kier alpha value is -0.570. The van der Waals surface area contributed by atoms with E-state index in [0.717, 1.165) is 23.4 Å². The molecule has 0 aliphatic heterocycles. The van der Waals surface area contributed by atoms with Crippen LogP contribution in [-0.4, -0.2) is 24.5 Å². The van der Waals surface area contributed by atoms with Gasteiger partial charge in [-0.3, -0.25) is 0 Å². The van der Waals surface area contributed by atoms with Crippen molar-refractivity contribution >= 4 is 11.6 Å². The Morgan fingerprint density at radius 2 is 1.93 bits per heavy atom. The van der Waals surface area contributed by atoms with Gasteiger partial charge < -0.3 is 10.6 Å². The van der Waals surface area contributed by atoms with Gasteiger partial charge in [-0.25, -0.2) is 0 Å². The second-order valence-corrected chi connectivity index (χ2v) is 5.03. The minimum absolute atomic E-state index is 0.0749. The van der Waals surface area contributed by atoms with Crippen molar-refractivity contribution in [1.82, 2.24) is 4.90 Å². The second-order valence-electron chi connectivity index (χ2n) is 4.62. The van der Waals surface area contributed by atoms with E-state index in [1.165, 1.54) is 0 Å². The number of benzene rings is 1. The van der Waals surface area contributed by atoms with Gasteiger partial charge >= 0.3 is 0 Å². The monoisotopic (exact) mass is 224 g/mol. The molecule has 0 amide bonds. The van der Waals surface area contributed by atoms with Crippen molar-refractivity contribution in [2.45, 2.75) is 24.4 Å². The van der Waals surface area contributed by atoms with Gasteiger partial charge in [0.15, 0.2) is 0 Å². The van der Waals surface area contributed by atoms with Crippen LogP contribution in [0.15, 0.2) is 24.3 Å². The summed E-state index contributed by atoms with van der Waals surface area (Å²) in [6, 6.07) is 8.20. The van der Waals surface area contributed by atoms with Crippen LogP contribution in [0.5, 0.6) is 0 Å². The Kier molecular flexibility index (Phi) is 2.75. The highest BCUT2D eigenvalue weighted by Crippen LogP contribution is 2.47. The van der Waals surface area contributed by atoms with E-state index in [1.54, 1.807) is 0 Å². The second kappa shape index (κ2) is 3.78. The number of halogens is 1. The van der Waals surface area contributed by atoms with Crippen LogP contribution in [0.1, 0.15) is 24.4 Å². The largest absolute Gasteiger partial charge is 0.323 e. The van der Waals surface area contributed by atoms with Gasteiger partial charge in [-0.05, 0) is 38.6 Å². The number of hydrogen-bond acceptors (Lipinski definition) is 2. The molecule has 0 heterocycles. The number of likely N-dealkylation sites (N-methyl/N-ethyl adjacent to an activating group) is 1. The van der Waals surface area contributed by atoms with Gasteiger partial charge in [-0.2, -0.15) is 0 Å². The number of nitrogens with two attached hydrogens (primary N) is 1. The van der Waals surface area contributed by atoms with Crippen molar-refractivity contribution in [2.24, 2.45) is 5.73 Å². The summed E-state index contributed by atoms with van der Waals surface area (Å²) in [7, 11) is 4.11. The molecule has 1 aliphatic rings. The molecule has 0 bridgehead atoms. The van der Waals surface area contributed by atoms with Crippen molar-refractivity contribution in [3.05, 3.63) is 34.9 Å². The van der Waals surface area contributed by atoms with Crippen LogP contribution < -0.4 is 5.73 Å². The van der Waals surface area contributed by atoms with Crippen molar-refractivity contribution in [3.63, 3.8) is 0 Å². The molecule has 15 heavy (non-hydrogen) atoms. The first-order chi connectivity index (χ1) is 7.04. The van der Waals surface area contributed by atoms with E-state index in [9.17, 15) is 0 Å². The molecule has 0 radical (unpaired) electrons. The van der Waals surface area contributed by atoms with Gasteiger partial charge in [0.1, 0.15) is 0 Å². The third-order valence-electron chi connectivity index (χ3n) is 3.09. The molecule has 1 aromatic carbocycles. The summed E-state index contributed by atoms with van der Waals surface area (Å²) in [4.78, 5) is 2.16. The van der Waals surface area contributed by atoms with E-state index in [1.807, 2.05) is 18.2 Å². The Morgan fingerprint density at radius 1 is 1.33 bits per heavy atom. The molecular weight excluding hydrogens is 208 g/mol. The minimum atomic E-state index is -0.0749. The standard InChI is InChI=1S/C12H17ClN2/c1-15(2)11(12(14)7-8-12)9-5-3-4-6-10(9)13/h3-6,11H,7-8,14H2,1-2H3. The molecule has 82 valence electrons. The average Bonchev–Trinajstić information content (AvgIpc) is 2.88. The Morgan fingerprint density at radius 3 is 2.40 bits per heavy atom. The smallest absolute Gasteiger partial charge is 0.0537 e. The predicted molar refractivity (Wildman–Crippen MR) is 64.0 cm³/mol. The Labute approximate surface area is 96.0 Å². The highest BCUT2D eigenvalue weighted by atomic mass is 35.5. The van der Waals surface area contributed by atoms with Crippen molar-refractivity contribution < 1.29 is 0 Å². The molecular formula is C12H17ClN2. The maximum absolute atomic E-state index is 6.29. The van der Waals surface area contributed by atoms with Gasteiger partial charge in [-0.1, -0.05) is 29.8 Å². The van der Waals surface area contributed by atoms with Crippen LogP contribution in [0.4, 0.5) is 0 Å². The van der Waals surface area contributed by atoms with E-state index in [0.29, 0.717) is 0 Å². The van der Waals surface area contributed by atoms with Crippen LogP contribution in [-0.2, 0) is 0 Å². The zero-order chi connectivity index (χ0) is 11.1. The lowest BCUT2D eigenvalue weighted by Gasteiger charge is -2.31. The van der Waals surface area contributed by atoms with E-state index < -0.39 is 0 Å². The highest BCUT2D eigenvalue weighted by molar-refractivity contribution is 6.31. The molecule has 2 N–H and O–H groups in total. The third-order valence-corrected chi connectivity index (χ3v) is 3.43. The molecule has 0 spiro atoms. The molecule has 1 aliphatic carbocycles. The molecule has 3 heteroatoms. The Balaban J connectivity index is 2.37. The zero-order valence-electron chi connectivity index (χ0n) is 9.20. The van der Waals surface area contributed by atoms with Gasteiger partial charge in [0.05, 0.1) is 6.04 Å². The van der Waals surface area contributed by atoms with E-state index >= 15 is 0 Å². The van der Waals surface area contributed by atoms with E-state index in [2.05, 4.69) is 25.1 Å². The van der Waals surface area contributed by atoms with Crippen LogP contribution in [0.2, 0.25) is 5.02 Å². The highest BCUT2D eigenvalue weighted by Gasteiger charge is 2.47. The quantitative estimate of drug-likeness (QED) is 0.855. The number of hydrogen-bond donors (Lipinski definition) is 1. The van der Waals surface area contributed by atoms with Gasteiger partial charge in [0.25, 0.3) is 0 Å². The number of rotatable bonds is 3.